The van der Waals surface area contributed by atoms with Crippen LogP contribution in [0.25, 0.3) is 0 Å². The number of carbonyl (C=O) groups is 1. The molecular weight excluding hydrogens is 527 g/mol. The first-order chi connectivity index (χ1) is 15.3. The molecule has 3 rings (SSSR count). The van der Waals surface area contributed by atoms with E-state index < -0.39 is 0 Å². The van der Waals surface area contributed by atoms with Crippen LogP contribution in [0, 0.1) is 0 Å². The van der Waals surface area contributed by atoms with Gasteiger partial charge in [0.25, 0.3) is 5.91 Å². The fraction of sp³-hybridized carbons (Fsp3) is 0.462. The predicted octanol–water partition coefficient (Wildman–Crippen LogP) is 4.20. The molecule has 0 radical (unpaired) electrons. The average Bonchev–Trinajstić information content (AvgIpc) is 2.79. The summed E-state index contributed by atoms with van der Waals surface area (Å²) in [5.74, 6) is 0.817. The van der Waals surface area contributed by atoms with Crippen molar-refractivity contribution in [2.24, 2.45) is 4.99 Å². The van der Waals surface area contributed by atoms with Crippen molar-refractivity contribution < 1.29 is 9.53 Å². The number of ether oxygens (including phenoxy) is 1. The van der Waals surface area contributed by atoms with Gasteiger partial charge >= 0.3 is 0 Å². The summed E-state index contributed by atoms with van der Waals surface area (Å²) in [6, 6.07) is 18.3. The topological polar surface area (TPSA) is 66.0 Å². The van der Waals surface area contributed by atoms with Crippen LogP contribution in [0.3, 0.4) is 0 Å². The van der Waals surface area contributed by atoms with Gasteiger partial charge in [-0.25, -0.2) is 0 Å². The van der Waals surface area contributed by atoms with Gasteiger partial charge in [0.05, 0.1) is 12.2 Å². The van der Waals surface area contributed by atoms with Crippen molar-refractivity contribution in [3.63, 3.8) is 0 Å². The summed E-state index contributed by atoms with van der Waals surface area (Å²) < 4.78 is 5.73. The first-order valence-corrected chi connectivity index (χ1v) is 11.3. The number of morpholine rings is 1. The Labute approximate surface area is 215 Å². The van der Waals surface area contributed by atoms with E-state index in [1.165, 1.54) is 5.56 Å². The molecule has 1 aliphatic rings. The third kappa shape index (κ3) is 7.71. The highest BCUT2D eigenvalue weighted by Crippen LogP contribution is 2.21. The number of carbonyl (C=O) groups excluding carboxylic acids is 1. The molecule has 2 aromatic rings. The van der Waals surface area contributed by atoms with Gasteiger partial charge in [0.15, 0.2) is 5.96 Å². The quantitative estimate of drug-likeness (QED) is 0.314. The van der Waals surface area contributed by atoms with Gasteiger partial charge in [0, 0.05) is 44.2 Å². The Kier molecular flexibility index (Phi) is 10.2. The number of nitrogens with one attached hydrogen (secondary N) is 2. The smallest absolute Gasteiger partial charge is 0.254 e. The highest BCUT2D eigenvalue weighted by atomic mass is 127. The summed E-state index contributed by atoms with van der Waals surface area (Å²) in [5.41, 5.74) is 3.07. The highest BCUT2D eigenvalue weighted by molar-refractivity contribution is 14.0. The third-order valence-corrected chi connectivity index (χ3v) is 5.84. The first kappa shape index (κ1) is 27.1. The Morgan fingerprint density at radius 3 is 2.21 bits per heavy atom. The standard InChI is InChI=1S/C26H36N4O2.HI/c1-19-16-30(17-20(2)32-19)24(31)22-13-11-21(12-14-22)15-28-25(27-5)29-18-26(3,4)23-9-7-6-8-10-23;/h6-14,19-20H,15-18H2,1-5H3,(H2,27,28,29);1H. The van der Waals surface area contributed by atoms with Crippen molar-refractivity contribution >= 4 is 35.8 Å². The second-order valence-corrected chi connectivity index (χ2v) is 9.19. The molecule has 33 heavy (non-hydrogen) atoms. The van der Waals surface area contributed by atoms with Gasteiger partial charge in [-0.2, -0.15) is 0 Å². The van der Waals surface area contributed by atoms with E-state index in [0.717, 1.165) is 18.1 Å². The first-order valence-electron chi connectivity index (χ1n) is 11.3. The van der Waals surface area contributed by atoms with Gasteiger partial charge in [0.2, 0.25) is 0 Å². The Morgan fingerprint density at radius 1 is 1.03 bits per heavy atom. The molecule has 0 spiro atoms. The minimum absolute atomic E-state index is 0. The molecule has 2 aromatic carbocycles. The zero-order chi connectivity index (χ0) is 23.1. The van der Waals surface area contributed by atoms with Crippen molar-refractivity contribution in [3.05, 3.63) is 71.3 Å². The minimum atomic E-state index is -0.0185. The number of rotatable bonds is 6. The molecule has 1 saturated heterocycles. The van der Waals surface area contributed by atoms with E-state index in [0.29, 0.717) is 25.2 Å². The number of nitrogens with zero attached hydrogens (tertiary/aromatic N) is 2. The third-order valence-electron chi connectivity index (χ3n) is 5.84. The lowest BCUT2D eigenvalue weighted by molar-refractivity contribution is -0.0586. The lowest BCUT2D eigenvalue weighted by atomic mass is 9.85. The molecule has 0 saturated carbocycles. The van der Waals surface area contributed by atoms with Crippen LogP contribution >= 0.6 is 24.0 Å². The molecule has 180 valence electrons. The van der Waals surface area contributed by atoms with Crippen LogP contribution in [0.15, 0.2) is 59.6 Å². The van der Waals surface area contributed by atoms with E-state index in [-0.39, 0.29) is 47.5 Å². The van der Waals surface area contributed by atoms with Crippen molar-refractivity contribution in [3.8, 4) is 0 Å². The van der Waals surface area contributed by atoms with E-state index in [9.17, 15) is 4.79 Å². The Morgan fingerprint density at radius 2 is 1.64 bits per heavy atom. The van der Waals surface area contributed by atoms with Crippen molar-refractivity contribution in [2.75, 3.05) is 26.7 Å². The van der Waals surface area contributed by atoms with E-state index in [4.69, 9.17) is 4.74 Å². The van der Waals surface area contributed by atoms with Crippen LogP contribution in [0.4, 0.5) is 0 Å². The molecule has 1 heterocycles. The fourth-order valence-corrected chi connectivity index (χ4v) is 3.99. The molecule has 2 N–H and O–H groups in total. The molecule has 0 aliphatic carbocycles. The maximum absolute atomic E-state index is 12.8. The fourth-order valence-electron chi connectivity index (χ4n) is 3.99. The van der Waals surface area contributed by atoms with E-state index in [2.05, 4.69) is 53.7 Å². The molecule has 6 nitrogen and oxygen atoms in total. The van der Waals surface area contributed by atoms with Gasteiger partial charge in [0.1, 0.15) is 0 Å². The normalized spacial score (nSPS) is 18.9. The van der Waals surface area contributed by atoms with E-state index >= 15 is 0 Å². The van der Waals surface area contributed by atoms with Crippen molar-refractivity contribution in [1.82, 2.24) is 15.5 Å². The lowest BCUT2D eigenvalue weighted by Crippen LogP contribution is -2.48. The molecule has 2 atom stereocenters. The van der Waals surface area contributed by atoms with Gasteiger partial charge in [-0.05, 0) is 37.1 Å². The van der Waals surface area contributed by atoms with Gasteiger partial charge in [-0.1, -0.05) is 56.3 Å². The van der Waals surface area contributed by atoms with Crippen LogP contribution in [0.5, 0.6) is 0 Å². The van der Waals surface area contributed by atoms with Crippen molar-refractivity contribution in [1.29, 1.82) is 0 Å². The number of amides is 1. The molecule has 1 amide bonds. The largest absolute Gasteiger partial charge is 0.372 e. The zero-order valence-corrected chi connectivity index (χ0v) is 22.6. The number of hydrogen-bond acceptors (Lipinski definition) is 3. The Balaban J connectivity index is 0.00000385. The van der Waals surface area contributed by atoms with Gasteiger partial charge < -0.3 is 20.3 Å². The molecule has 7 heteroatoms. The maximum Gasteiger partial charge on any atom is 0.254 e. The number of benzene rings is 2. The zero-order valence-electron chi connectivity index (χ0n) is 20.3. The number of hydrogen-bond donors (Lipinski definition) is 2. The van der Waals surface area contributed by atoms with Crippen LogP contribution < -0.4 is 10.6 Å². The predicted molar refractivity (Wildman–Crippen MR) is 145 cm³/mol. The van der Waals surface area contributed by atoms with Crippen molar-refractivity contribution in [2.45, 2.75) is 51.9 Å². The maximum atomic E-state index is 12.8. The molecule has 0 bridgehead atoms. The van der Waals surface area contributed by atoms with E-state index in [1.54, 1.807) is 7.05 Å². The summed E-state index contributed by atoms with van der Waals surface area (Å²) in [5, 5.41) is 6.79. The molecule has 1 fully saturated rings. The molecule has 2 unspecified atom stereocenters. The summed E-state index contributed by atoms with van der Waals surface area (Å²) in [6.45, 7) is 11.1. The number of guanidine groups is 1. The van der Waals surface area contributed by atoms with Crippen LogP contribution in [-0.4, -0.2) is 55.7 Å². The lowest BCUT2D eigenvalue weighted by Gasteiger charge is -2.35. The minimum Gasteiger partial charge on any atom is -0.372 e. The second kappa shape index (κ2) is 12.4. The molecule has 1 aliphatic heterocycles. The monoisotopic (exact) mass is 564 g/mol. The van der Waals surface area contributed by atoms with E-state index in [1.807, 2.05) is 49.1 Å². The van der Waals surface area contributed by atoms with Crippen LogP contribution in [-0.2, 0) is 16.7 Å². The van der Waals surface area contributed by atoms with Gasteiger partial charge in [-0.3, -0.25) is 9.79 Å². The molecular formula is C26H37IN4O2. The highest BCUT2D eigenvalue weighted by Gasteiger charge is 2.26. The van der Waals surface area contributed by atoms with Crippen LogP contribution in [0.2, 0.25) is 0 Å². The summed E-state index contributed by atoms with van der Waals surface area (Å²) >= 11 is 0. The molecule has 0 aromatic heterocycles. The Hall–Kier alpha value is -2.13. The Bertz CT molecular complexity index is 906. The summed E-state index contributed by atoms with van der Waals surface area (Å²) in [7, 11) is 1.77. The number of halogens is 1. The average molecular weight is 565 g/mol. The SMILES string of the molecule is CN=C(NCc1ccc(C(=O)N2CC(C)OC(C)C2)cc1)NCC(C)(C)c1ccccc1.I. The van der Waals surface area contributed by atoms with Crippen LogP contribution in [0.1, 0.15) is 49.2 Å². The summed E-state index contributed by atoms with van der Waals surface area (Å²) in [4.78, 5) is 19.1. The van der Waals surface area contributed by atoms with Gasteiger partial charge in [-0.15, -0.1) is 24.0 Å². The summed E-state index contributed by atoms with van der Waals surface area (Å²) in [6.07, 6.45) is 0.134. The number of aliphatic imine (C=N–C) groups is 1. The second-order valence-electron chi connectivity index (χ2n) is 9.19.